The van der Waals surface area contributed by atoms with Crippen LogP contribution in [0.3, 0.4) is 0 Å². The van der Waals surface area contributed by atoms with Crippen LogP contribution in [0.5, 0.6) is 0 Å². The Morgan fingerprint density at radius 2 is 1.80 bits per heavy atom. The number of rotatable bonds is 6. The Balaban J connectivity index is 1.49. The zero-order chi connectivity index (χ0) is 21.3. The molecule has 0 unspecified atom stereocenters. The standard InChI is InChI=1S/C23H27N5O2/c24-13-16-4-8-20(9-5-16)27-22(29)19-3-1-2-18(12-19)15-26-23(30)28-21-10-6-17(14-25)7-11-21/h1-3,6-7,10-12,16,20H,4-5,8-9,13,15,24H2,(H,27,29)(H2,26,28,30)/t16-,20-. The minimum absolute atomic E-state index is 0.0879. The largest absolute Gasteiger partial charge is 0.349 e. The fourth-order valence-corrected chi connectivity index (χ4v) is 3.62. The second kappa shape index (κ2) is 10.4. The van der Waals surface area contributed by atoms with E-state index in [0.29, 0.717) is 35.8 Å². The van der Waals surface area contributed by atoms with Crippen molar-refractivity contribution in [3.05, 3.63) is 65.2 Å². The van der Waals surface area contributed by atoms with E-state index >= 15 is 0 Å². The summed E-state index contributed by atoms with van der Waals surface area (Å²) in [5.41, 5.74) is 8.28. The van der Waals surface area contributed by atoms with E-state index in [1.807, 2.05) is 18.2 Å². The first-order valence-electron chi connectivity index (χ1n) is 10.2. The van der Waals surface area contributed by atoms with Crippen molar-refractivity contribution in [2.24, 2.45) is 11.7 Å². The number of nitrogens with two attached hydrogens (primary N) is 1. The molecule has 1 aliphatic rings. The van der Waals surface area contributed by atoms with Crippen LogP contribution in [0, 0.1) is 17.2 Å². The lowest BCUT2D eigenvalue weighted by Gasteiger charge is -2.28. The molecule has 0 saturated heterocycles. The van der Waals surface area contributed by atoms with Crippen molar-refractivity contribution < 1.29 is 9.59 Å². The van der Waals surface area contributed by atoms with Crippen molar-refractivity contribution >= 4 is 17.6 Å². The summed E-state index contributed by atoms with van der Waals surface area (Å²) in [4.78, 5) is 24.7. The Labute approximate surface area is 176 Å². The molecule has 3 rings (SSSR count). The Bertz CT molecular complexity index is 912. The maximum atomic E-state index is 12.6. The highest BCUT2D eigenvalue weighted by Gasteiger charge is 2.22. The number of anilines is 1. The molecule has 0 radical (unpaired) electrons. The number of hydrogen-bond donors (Lipinski definition) is 4. The van der Waals surface area contributed by atoms with E-state index in [2.05, 4.69) is 16.0 Å². The van der Waals surface area contributed by atoms with Crippen LogP contribution >= 0.6 is 0 Å². The summed E-state index contributed by atoms with van der Waals surface area (Å²) < 4.78 is 0. The topological polar surface area (TPSA) is 120 Å². The van der Waals surface area contributed by atoms with E-state index in [9.17, 15) is 9.59 Å². The average molecular weight is 406 g/mol. The van der Waals surface area contributed by atoms with Crippen molar-refractivity contribution in [1.29, 1.82) is 5.26 Å². The minimum atomic E-state index is -0.355. The van der Waals surface area contributed by atoms with Gasteiger partial charge in [-0.2, -0.15) is 5.26 Å². The monoisotopic (exact) mass is 405 g/mol. The summed E-state index contributed by atoms with van der Waals surface area (Å²) >= 11 is 0. The molecule has 2 aromatic carbocycles. The predicted octanol–water partition coefficient (Wildman–Crippen LogP) is 3.13. The molecule has 0 bridgehead atoms. The van der Waals surface area contributed by atoms with E-state index < -0.39 is 0 Å². The van der Waals surface area contributed by atoms with E-state index in [1.165, 1.54) is 0 Å². The maximum absolute atomic E-state index is 12.6. The number of carbonyl (C=O) groups excluding carboxylic acids is 2. The van der Waals surface area contributed by atoms with Gasteiger partial charge in [-0.25, -0.2) is 4.79 Å². The molecule has 1 aliphatic carbocycles. The van der Waals surface area contributed by atoms with Gasteiger partial charge in [0, 0.05) is 23.8 Å². The van der Waals surface area contributed by atoms with Gasteiger partial charge in [0.25, 0.3) is 5.91 Å². The Hall–Kier alpha value is -3.37. The van der Waals surface area contributed by atoms with Crippen LogP contribution < -0.4 is 21.7 Å². The molecule has 7 nitrogen and oxygen atoms in total. The molecule has 156 valence electrons. The summed E-state index contributed by atoms with van der Waals surface area (Å²) in [5.74, 6) is 0.484. The SMILES string of the molecule is N#Cc1ccc(NC(=O)NCc2cccc(C(=O)N[C@H]3CC[C@H](CN)CC3)c2)cc1. The second-order valence-electron chi connectivity index (χ2n) is 7.62. The van der Waals surface area contributed by atoms with Crippen LogP contribution in [0.1, 0.15) is 47.2 Å². The Morgan fingerprint density at radius 1 is 1.07 bits per heavy atom. The molecule has 0 heterocycles. The molecule has 2 aromatic rings. The average Bonchev–Trinajstić information content (AvgIpc) is 2.79. The number of nitriles is 1. The highest BCUT2D eigenvalue weighted by molar-refractivity contribution is 5.94. The zero-order valence-electron chi connectivity index (χ0n) is 16.9. The van der Waals surface area contributed by atoms with Crippen LogP contribution in [0.15, 0.2) is 48.5 Å². The fraction of sp³-hybridized carbons (Fsp3) is 0.348. The first kappa shape index (κ1) is 21.3. The molecule has 0 spiro atoms. The molecule has 30 heavy (non-hydrogen) atoms. The lowest BCUT2D eigenvalue weighted by atomic mass is 9.86. The summed E-state index contributed by atoms with van der Waals surface area (Å²) in [6.07, 6.45) is 4.04. The molecule has 1 fully saturated rings. The van der Waals surface area contributed by atoms with Gasteiger partial charge < -0.3 is 21.7 Å². The number of urea groups is 1. The third kappa shape index (κ3) is 6.06. The van der Waals surface area contributed by atoms with E-state index in [1.54, 1.807) is 36.4 Å². The van der Waals surface area contributed by atoms with Gasteiger partial charge in [-0.15, -0.1) is 0 Å². The van der Waals surface area contributed by atoms with Gasteiger partial charge >= 0.3 is 6.03 Å². The molecular formula is C23H27N5O2. The van der Waals surface area contributed by atoms with Gasteiger partial charge in [0.2, 0.25) is 0 Å². The van der Waals surface area contributed by atoms with Crippen LogP contribution in [0.25, 0.3) is 0 Å². The first-order valence-corrected chi connectivity index (χ1v) is 10.2. The van der Waals surface area contributed by atoms with Gasteiger partial charge in [0.15, 0.2) is 0 Å². The highest BCUT2D eigenvalue weighted by atomic mass is 16.2. The van der Waals surface area contributed by atoms with E-state index in [0.717, 1.165) is 31.2 Å². The summed E-state index contributed by atoms with van der Waals surface area (Å²) in [6.45, 7) is 1.01. The number of benzene rings is 2. The predicted molar refractivity (Wildman–Crippen MR) is 116 cm³/mol. The van der Waals surface area contributed by atoms with Crippen molar-refractivity contribution in [2.75, 3.05) is 11.9 Å². The van der Waals surface area contributed by atoms with Crippen molar-refractivity contribution in [1.82, 2.24) is 10.6 Å². The van der Waals surface area contributed by atoms with Crippen molar-refractivity contribution in [3.63, 3.8) is 0 Å². The van der Waals surface area contributed by atoms with E-state index in [4.69, 9.17) is 11.0 Å². The van der Waals surface area contributed by atoms with Crippen LogP contribution in [0.2, 0.25) is 0 Å². The number of nitrogens with one attached hydrogen (secondary N) is 3. The lowest BCUT2D eigenvalue weighted by molar-refractivity contribution is 0.0922. The second-order valence-corrected chi connectivity index (χ2v) is 7.62. The van der Waals surface area contributed by atoms with Gasteiger partial charge in [-0.3, -0.25) is 4.79 Å². The zero-order valence-corrected chi connectivity index (χ0v) is 16.9. The van der Waals surface area contributed by atoms with E-state index in [-0.39, 0.29) is 18.0 Å². The number of hydrogen-bond acceptors (Lipinski definition) is 4. The normalized spacial score (nSPS) is 18.1. The van der Waals surface area contributed by atoms with Crippen LogP contribution in [-0.4, -0.2) is 24.5 Å². The lowest BCUT2D eigenvalue weighted by Crippen LogP contribution is -2.38. The molecule has 1 saturated carbocycles. The first-order chi connectivity index (χ1) is 14.6. The number of amides is 3. The molecule has 0 aliphatic heterocycles. The third-order valence-corrected chi connectivity index (χ3v) is 5.43. The van der Waals surface area contributed by atoms with Crippen LogP contribution in [0.4, 0.5) is 10.5 Å². The van der Waals surface area contributed by atoms with Gasteiger partial charge in [-0.1, -0.05) is 12.1 Å². The van der Waals surface area contributed by atoms with Crippen LogP contribution in [-0.2, 0) is 6.54 Å². The van der Waals surface area contributed by atoms with Gasteiger partial charge in [-0.05, 0) is 80.1 Å². The number of carbonyl (C=O) groups is 2. The van der Waals surface area contributed by atoms with Gasteiger partial charge in [0.05, 0.1) is 11.6 Å². The highest BCUT2D eigenvalue weighted by Crippen LogP contribution is 2.23. The smallest absolute Gasteiger partial charge is 0.319 e. The summed E-state index contributed by atoms with van der Waals surface area (Å²) in [6, 6.07) is 15.7. The summed E-state index contributed by atoms with van der Waals surface area (Å²) in [7, 11) is 0. The quantitative estimate of drug-likeness (QED) is 0.590. The molecule has 0 atom stereocenters. The molecule has 5 N–H and O–H groups in total. The summed E-state index contributed by atoms with van der Waals surface area (Å²) in [5, 5.41) is 17.4. The molecule has 7 heteroatoms. The van der Waals surface area contributed by atoms with Crippen molar-refractivity contribution in [3.8, 4) is 6.07 Å². The molecule has 0 aromatic heterocycles. The Morgan fingerprint density at radius 3 is 2.47 bits per heavy atom. The molecule has 3 amide bonds. The Kier molecular flexibility index (Phi) is 7.41. The molecular weight excluding hydrogens is 378 g/mol. The fourth-order valence-electron chi connectivity index (χ4n) is 3.62. The van der Waals surface area contributed by atoms with Crippen molar-refractivity contribution in [2.45, 2.75) is 38.3 Å². The minimum Gasteiger partial charge on any atom is -0.349 e. The number of nitrogens with zero attached hydrogens (tertiary/aromatic N) is 1. The maximum Gasteiger partial charge on any atom is 0.319 e. The van der Waals surface area contributed by atoms with Gasteiger partial charge in [0.1, 0.15) is 0 Å². The third-order valence-electron chi connectivity index (χ3n) is 5.43.